The van der Waals surface area contributed by atoms with Crippen LogP contribution in [0.3, 0.4) is 0 Å². The number of aryl methyl sites for hydroxylation is 1. The lowest BCUT2D eigenvalue weighted by Gasteiger charge is -2.37. The van der Waals surface area contributed by atoms with E-state index in [9.17, 15) is 9.90 Å². The van der Waals surface area contributed by atoms with Crippen LogP contribution in [-0.2, 0) is 4.79 Å². The number of aliphatic carboxylic acids is 1. The summed E-state index contributed by atoms with van der Waals surface area (Å²) in [6.45, 7) is 3.49. The number of rotatable bonds is 4. The maximum absolute atomic E-state index is 11.2. The van der Waals surface area contributed by atoms with Gasteiger partial charge < -0.3 is 5.11 Å². The Labute approximate surface area is 157 Å². The number of likely N-dealkylation sites (tertiary alicyclic amines) is 1. The SMILES string of the molecule is Cc1cnccc1C(c1ccc(Cl)c(Cl)c1)N1CCC(C(=O)O)CC1. The molecular formula is C19H20Cl2N2O2. The van der Waals surface area contributed by atoms with Crippen molar-refractivity contribution in [2.75, 3.05) is 13.1 Å². The van der Waals surface area contributed by atoms with Crippen molar-refractivity contribution < 1.29 is 9.90 Å². The highest BCUT2D eigenvalue weighted by atomic mass is 35.5. The highest BCUT2D eigenvalue weighted by molar-refractivity contribution is 6.42. The van der Waals surface area contributed by atoms with Crippen molar-refractivity contribution in [2.24, 2.45) is 5.92 Å². The van der Waals surface area contributed by atoms with Crippen molar-refractivity contribution in [3.8, 4) is 0 Å². The molecule has 1 saturated heterocycles. The lowest BCUT2D eigenvalue weighted by Crippen LogP contribution is -2.39. The van der Waals surface area contributed by atoms with Crippen molar-refractivity contribution >= 4 is 29.2 Å². The molecule has 1 aliphatic rings. The molecule has 0 spiro atoms. The number of carboxylic acid groups (broad SMARTS) is 1. The van der Waals surface area contributed by atoms with Crippen LogP contribution < -0.4 is 0 Å². The van der Waals surface area contributed by atoms with E-state index < -0.39 is 5.97 Å². The molecule has 1 fully saturated rings. The molecule has 1 N–H and O–H groups in total. The number of piperidine rings is 1. The minimum Gasteiger partial charge on any atom is -0.481 e. The number of nitrogens with zero attached hydrogens (tertiary/aromatic N) is 2. The third-order valence-corrected chi connectivity index (χ3v) is 5.60. The first-order valence-electron chi connectivity index (χ1n) is 8.29. The minimum absolute atomic E-state index is 0.00696. The van der Waals surface area contributed by atoms with Crippen LogP contribution in [0.15, 0.2) is 36.7 Å². The number of hydrogen-bond acceptors (Lipinski definition) is 3. The summed E-state index contributed by atoms with van der Waals surface area (Å²) >= 11 is 12.3. The van der Waals surface area contributed by atoms with Gasteiger partial charge in [0.25, 0.3) is 0 Å². The molecule has 1 atom stereocenters. The Balaban J connectivity index is 1.97. The van der Waals surface area contributed by atoms with Gasteiger partial charge in [-0.3, -0.25) is 14.7 Å². The first kappa shape index (κ1) is 18.2. The van der Waals surface area contributed by atoms with Crippen LogP contribution in [0.25, 0.3) is 0 Å². The van der Waals surface area contributed by atoms with Crippen LogP contribution in [0.2, 0.25) is 10.0 Å². The molecule has 2 aromatic rings. The van der Waals surface area contributed by atoms with Gasteiger partial charge in [0.1, 0.15) is 0 Å². The Morgan fingerprint density at radius 1 is 1.24 bits per heavy atom. The van der Waals surface area contributed by atoms with Gasteiger partial charge in [-0.1, -0.05) is 29.3 Å². The van der Waals surface area contributed by atoms with Gasteiger partial charge in [-0.25, -0.2) is 0 Å². The number of aromatic nitrogens is 1. The van der Waals surface area contributed by atoms with E-state index >= 15 is 0 Å². The van der Waals surface area contributed by atoms with Crippen molar-refractivity contribution in [1.82, 2.24) is 9.88 Å². The Morgan fingerprint density at radius 3 is 2.56 bits per heavy atom. The van der Waals surface area contributed by atoms with Gasteiger partial charge in [-0.2, -0.15) is 0 Å². The van der Waals surface area contributed by atoms with E-state index in [2.05, 4.69) is 9.88 Å². The fourth-order valence-corrected chi connectivity index (χ4v) is 3.77. The Bertz CT molecular complexity index is 774. The Kier molecular flexibility index (Phi) is 5.62. The van der Waals surface area contributed by atoms with Gasteiger partial charge in [0.15, 0.2) is 0 Å². The van der Waals surface area contributed by atoms with E-state index in [4.69, 9.17) is 23.2 Å². The number of hydrogen-bond donors (Lipinski definition) is 1. The summed E-state index contributed by atoms with van der Waals surface area (Å²) in [4.78, 5) is 17.8. The molecule has 1 unspecified atom stereocenters. The summed E-state index contributed by atoms with van der Waals surface area (Å²) in [6, 6.07) is 7.73. The Hall–Kier alpha value is -1.62. The predicted molar refractivity (Wildman–Crippen MR) is 99.2 cm³/mol. The molecule has 25 heavy (non-hydrogen) atoms. The summed E-state index contributed by atoms with van der Waals surface area (Å²) in [5.74, 6) is -0.963. The number of carboxylic acids is 1. The van der Waals surface area contributed by atoms with Gasteiger partial charge in [0, 0.05) is 12.4 Å². The molecule has 1 aliphatic heterocycles. The van der Waals surface area contributed by atoms with Crippen LogP contribution in [0.5, 0.6) is 0 Å². The molecule has 1 aromatic carbocycles. The monoisotopic (exact) mass is 378 g/mol. The topological polar surface area (TPSA) is 53.4 Å². The van der Waals surface area contributed by atoms with Gasteiger partial charge in [0.05, 0.1) is 22.0 Å². The molecular weight excluding hydrogens is 359 g/mol. The molecule has 0 radical (unpaired) electrons. The zero-order valence-corrected chi connectivity index (χ0v) is 15.5. The average molecular weight is 379 g/mol. The maximum Gasteiger partial charge on any atom is 0.306 e. The zero-order chi connectivity index (χ0) is 18.0. The summed E-state index contributed by atoms with van der Waals surface area (Å²) in [6.07, 6.45) is 4.94. The summed E-state index contributed by atoms with van der Waals surface area (Å²) < 4.78 is 0. The third kappa shape index (κ3) is 3.97. The van der Waals surface area contributed by atoms with Crippen molar-refractivity contribution in [3.05, 3.63) is 63.4 Å². The molecule has 2 heterocycles. The number of benzene rings is 1. The van der Waals surface area contributed by atoms with E-state index in [1.807, 2.05) is 37.4 Å². The highest BCUT2D eigenvalue weighted by Crippen LogP contribution is 2.36. The lowest BCUT2D eigenvalue weighted by atomic mass is 9.90. The zero-order valence-electron chi connectivity index (χ0n) is 14.0. The van der Waals surface area contributed by atoms with E-state index in [0.717, 1.165) is 29.8 Å². The number of halogens is 2. The second kappa shape index (κ2) is 7.73. The fourth-order valence-electron chi connectivity index (χ4n) is 3.47. The summed E-state index contributed by atoms with van der Waals surface area (Å²) in [7, 11) is 0. The van der Waals surface area contributed by atoms with E-state index in [-0.39, 0.29) is 12.0 Å². The third-order valence-electron chi connectivity index (χ3n) is 4.86. The first-order chi connectivity index (χ1) is 12.0. The lowest BCUT2D eigenvalue weighted by molar-refractivity contribution is -0.143. The Morgan fingerprint density at radius 2 is 1.96 bits per heavy atom. The molecule has 0 saturated carbocycles. The van der Waals surface area contributed by atoms with Crippen LogP contribution in [-0.4, -0.2) is 34.0 Å². The van der Waals surface area contributed by atoms with Gasteiger partial charge in [-0.05, 0) is 67.7 Å². The van der Waals surface area contributed by atoms with Gasteiger partial charge >= 0.3 is 5.97 Å². The van der Waals surface area contributed by atoms with E-state index in [1.54, 1.807) is 6.20 Å². The van der Waals surface area contributed by atoms with E-state index in [1.165, 1.54) is 0 Å². The molecule has 6 heteroatoms. The molecule has 4 nitrogen and oxygen atoms in total. The predicted octanol–water partition coefficient (Wildman–Crippen LogP) is 4.58. The van der Waals surface area contributed by atoms with Crippen molar-refractivity contribution in [1.29, 1.82) is 0 Å². The van der Waals surface area contributed by atoms with Crippen LogP contribution in [0.1, 0.15) is 35.6 Å². The van der Waals surface area contributed by atoms with Crippen molar-refractivity contribution in [3.63, 3.8) is 0 Å². The molecule has 132 valence electrons. The molecule has 1 aromatic heterocycles. The maximum atomic E-state index is 11.2. The molecule has 0 amide bonds. The van der Waals surface area contributed by atoms with Gasteiger partial charge in [0.2, 0.25) is 0 Å². The molecule has 3 rings (SSSR count). The number of carbonyl (C=O) groups is 1. The summed E-state index contributed by atoms with van der Waals surface area (Å²) in [5, 5.41) is 10.3. The summed E-state index contributed by atoms with van der Waals surface area (Å²) in [5.41, 5.74) is 3.30. The van der Waals surface area contributed by atoms with Crippen molar-refractivity contribution in [2.45, 2.75) is 25.8 Å². The second-order valence-corrected chi connectivity index (χ2v) is 7.27. The normalized spacial score (nSPS) is 17.4. The average Bonchev–Trinajstić information content (AvgIpc) is 2.60. The quantitative estimate of drug-likeness (QED) is 0.845. The van der Waals surface area contributed by atoms with E-state index in [0.29, 0.717) is 22.9 Å². The van der Waals surface area contributed by atoms with Gasteiger partial charge in [-0.15, -0.1) is 0 Å². The molecule has 0 bridgehead atoms. The first-order valence-corrected chi connectivity index (χ1v) is 9.05. The highest BCUT2D eigenvalue weighted by Gasteiger charge is 2.31. The van der Waals surface area contributed by atoms with Crippen LogP contribution in [0.4, 0.5) is 0 Å². The number of pyridine rings is 1. The smallest absolute Gasteiger partial charge is 0.306 e. The largest absolute Gasteiger partial charge is 0.481 e. The van der Waals surface area contributed by atoms with Crippen LogP contribution >= 0.6 is 23.2 Å². The molecule has 0 aliphatic carbocycles. The van der Waals surface area contributed by atoms with Crippen LogP contribution in [0, 0.1) is 12.8 Å². The standard InChI is InChI=1S/C19H20Cl2N2O2/c1-12-11-22-7-4-15(12)18(14-2-3-16(20)17(21)10-14)23-8-5-13(6-9-23)19(24)25/h2-4,7,10-11,13,18H,5-6,8-9H2,1H3,(H,24,25). The minimum atomic E-state index is -0.703. The fraction of sp³-hybridized carbons (Fsp3) is 0.368. The second-order valence-electron chi connectivity index (χ2n) is 6.46.